The van der Waals surface area contributed by atoms with E-state index in [1.165, 1.54) is 0 Å². The van der Waals surface area contributed by atoms with E-state index in [1.807, 2.05) is 36.9 Å². The molecule has 7 nitrogen and oxygen atoms in total. The number of pyridine rings is 1. The molecule has 1 aliphatic heterocycles. The van der Waals surface area contributed by atoms with Gasteiger partial charge < -0.3 is 20.4 Å². The maximum atomic E-state index is 13.4. The van der Waals surface area contributed by atoms with E-state index < -0.39 is 0 Å². The second-order valence-corrected chi connectivity index (χ2v) is 7.89. The van der Waals surface area contributed by atoms with Crippen molar-refractivity contribution in [2.75, 3.05) is 49.5 Å². The minimum Gasteiger partial charge on any atom is -0.353 e. The van der Waals surface area contributed by atoms with Crippen LogP contribution < -0.4 is 15.5 Å². The van der Waals surface area contributed by atoms with Crippen molar-refractivity contribution in [1.29, 1.82) is 0 Å². The van der Waals surface area contributed by atoms with Crippen molar-refractivity contribution >= 4 is 23.3 Å². The maximum Gasteiger partial charge on any atom is 0.257 e. The summed E-state index contributed by atoms with van der Waals surface area (Å²) >= 11 is 0. The molecule has 31 heavy (non-hydrogen) atoms. The van der Waals surface area contributed by atoms with E-state index in [2.05, 4.69) is 27.4 Å². The molecule has 2 aromatic rings. The molecule has 0 saturated carbocycles. The first-order valence-corrected chi connectivity index (χ1v) is 11.2. The van der Waals surface area contributed by atoms with Crippen molar-refractivity contribution in [3.63, 3.8) is 0 Å². The molecule has 1 aliphatic rings. The van der Waals surface area contributed by atoms with Gasteiger partial charge in [-0.1, -0.05) is 31.0 Å². The van der Waals surface area contributed by atoms with Crippen LogP contribution in [-0.4, -0.2) is 61.0 Å². The Kier molecular flexibility index (Phi) is 8.00. The number of hydrogen-bond acceptors (Lipinski definition) is 5. The highest BCUT2D eigenvalue weighted by atomic mass is 16.2. The molecule has 2 N–H and O–H groups in total. The molecule has 0 radical (unpaired) electrons. The Morgan fingerprint density at radius 3 is 2.65 bits per heavy atom. The van der Waals surface area contributed by atoms with Crippen molar-refractivity contribution in [1.82, 2.24) is 15.2 Å². The smallest absolute Gasteiger partial charge is 0.257 e. The number of anilines is 2. The van der Waals surface area contributed by atoms with E-state index in [-0.39, 0.29) is 11.8 Å². The molecule has 3 rings (SSSR count). The lowest BCUT2D eigenvalue weighted by Gasteiger charge is -2.31. The van der Waals surface area contributed by atoms with E-state index in [1.54, 1.807) is 18.3 Å². The van der Waals surface area contributed by atoms with Crippen LogP contribution in [-0.2, 0) is 0 Å². The van der Waals surface area contributed by atoms with Crippen LogP contribution in [0.25, 0.3) is 0 Å². The summed E-state index contributed by atoms with van der Waals surface area (Å²) < 4.78 is 0. The number of piperazine rings is 1. The lowest BCUT2D eigenvalue weighted by Crippen LogP contribution is -2.45. The number of amides is 2. The van der Waals surface area contributed by atoms with Crippen molar-refractivity contribution < 1.29 is 9.59 Å². The van der Waals surface area contributed by atoms with Crippen molar-refractivity contribution in [2.24, 2.45) is 0 Å². The second-order valence-electron chi connectivity index (χ2n) is 7.89. The van der Waals surface area contributed by atoms with Gasteiger partial charge in [0.2, 0.25) is 0 Å². The van der Waals surface area contributed by atoms with Crippen molar-refractivity contribution in [3.05, 3.63) is 53.2 Å². The van der Waals surface area contributed by atoms with Gasteiger partial charge in [-0.15, -0.1) is 0 Å². The number of unbranched alkanes of at least 4 members (excludes halogenated alkanes) is 1. The summed E-state index contributed by atoms with van der Waals surface area (Å²) in [6.07, 6.45) is 3.63. The highest BCUT2D eigenvalue weighted by Crippen LogP contribution is 2.24. The number of nitrogens with zero attached hydrogens (tertiary/aromatic N) is 3. The van der Waals surface area contributed by atoms with Gasteiger partial charge in [-0.25, -0.2) is 4.98 Å². The van der Waals surface area contributed by atoms with Crippen LogP contribution >= 0.6 is 0 Å². The number of benzene rings is 1. The molecule has 0 atom stereocenters. The number of rotatable bonds is 8. The third-order valence-corrected chi connectivity index (χ3v) is 5.50. The third kappa shape index (κ3) is 5.82. The molecule has 1 aromatic heterocycles. The Balaban J connectivity index is 1.90. The minimum absolute atomic E-state index is 0.0383. The van der Waals surface area contributed by atoms with Gasteiger partial charge in [0, 0.05) is 44.8 Å². The Labute approximate surface area is 184 Å². The zero-order valence-electron chi connectivity index (χ0n) is 18.8. The van der Waals surface area contributed by atoms with Crippen LogP contribution in [0.2, 0.25) is 0 Å². The Morgan fingerprint density at radius 2 is 1.97 bits per heavy atom. The SMILES string of the molecule is CCCCN(CC)C(=O)c1cc(NC(=O)c2cccc(C)c2)cnc1N1CCNCC1. The number of nitrogens with one attached hydrogen (secondary N) is 2. The summed E-state index contributed by atoms with van der Waals surface area (Å²) in [6, 6.07) is 9.20. The zero-order valence-corrected chi connectivity index (χ0v) is 18.8. The topological polar surface area (TPSA) is 77.6 Å². The molecular weight excluding hydrogens is 390 g/mol. The summed E-state index contributed by atoms with van der Waals surface area (Å²) in [7, 11) is 0. The molecule has 0 spiro atoms. The van der Waals surface area contributed by atoms with E-state index in [4.69, 9.17) is 0 Å². The average Bonchev–Trinajstić information content (AvgIpc) is 2.80. The number of hydrogen-bond donors (Lipinski definition) is 2. The summed E-state index contributed by atoms with van der Waals surface area (Å²) in [5, 5.41) is 6.24. The third-order valence-electron chi connectivity index (χ3n) is 5.50. The molecular formula is C24H33N5O2. The fourth-order valence-corrected chi connectivity index (χ4v) is 3.72. The summed E-state index contributed by atoms with van der Waals surface area (Å²) in [6.45, 7) is 10.7. The quantitative estimate of drug-likeness (QED) is 0.681. The predicted molar refractivity (Wildman–Crippen MR) is 125 cm³/mol. The summed E-state index contributed by atoms with van der Waals surface area (Å²) in [5.74, 6) is 0.441. The fraction of sp³-hybridized carbons (Fsp3) is 0.458. The Morgan fingerprint density at radius 1 is 1.19 bits per heavy atom. The van der Waals surface area contributed by atoms with Gasteiger partial charge in [0.05, 0.1) is 17.4 Å². The molecule has 0 aliphatic carbocycles. The van der Waals surface area contributed by atoms with Gasteiger partial charge >= 0.3 is 0 Å². The molecule has 0 bridgehead atoms. The van der Waals surface area contributed by atoms with E-state index in [0.717, 1.165) is 44.6 Å². The second kappa shape index (κ2) is 10.9. The van der Waals surface area contributed by atoms with Gasteiger partial charge in [-0.3, -0.25) is 9.59 Å². The van der Waals surface area contributed by atoms with Crippen LogP contribution in [0, 0.1) is 6.92 Å². The first-order chi connectivity index (χ1) is 15.0. The van der Waals surface area contributed by atoms with Gasteiger partial charge in [0.25, 0.3) is 11.8 Å². The lowest BCUT2D eigenvalue weighted by molar-refractivity contribution is 0.0762. The van der Waals surface area contributed by atoms with Crippen molar-refractivity contribution in [2.45, 2.75) is 33.6 Å². The van der Waals surface area contributed by atoms with Crippen LogP contribution in [0.1, 0.15) is 53.0 Å². The normalized spacial score (nSPS) is 13.7. The molecule has 1 saturated heterocycles. The van der Waals surface area contributed by atoms with Crippen LogP contribution in [0.3, 0.4) is 0 Å². The maximum absolute atomic E-state index is 13.4. The zero-order chi connectivity index (χ0) is 22.2. The number of aryl methyl sites for hydroxylation is 1. The van der Waals surface area contributed by atoms with E-state index in [0.29, 0.717) is 35.7 Å². The predicted octanol–water partition coefficient (Wildman–Crippen LogP) is 3.31. The van der Waals surface area contributed by atoms with Crippen molar-refractivity contribution in [3.8, 4) is 0 Å². The Bertz CT molecular complexity index is 909. The molecule has 1 aromatic carbocycles. The summed E-state index contributed by atoms with van der Waals surface area (Å²) in [4.78, 5) is 34.8. The molecule has 166 valence electrons. The van der Waals surface area contributed by atoms with Gasteiger partial charge in [0.1, 0.15) is 5.82 Å². The molecule has 0 unspecified atom stereocenters. The highest BCUT2D eigenvalue weighted by molar-refractivity contribution is 6.06. The fourth-order valence-electron chi connectivity index (χ4n) is 3.72. The molecule has 1 fully saturated rings. The first-order valence-electron chi connectivity index (χ1n) is 11.2. The van der Waals surface area contributed by atoms with E-state index >= 15 is 0 Å². The number of carbonyl (C=O) groups excluding carboxylic acids is 2. The number of carbonyl (C=O) groups is 2. The van der Waals surface area contributed by atoms with Gasteiger partial charge in [0.15, 0.2) is 0 Å². The van der Waals surface area contributed by atoms with Crippen LogP contribution in [0.5, 0.6) is 0 Å². The minimum atomic E-state index is -0.211. The van der Waals surface area contributed by atoms with E-state index in [9.17, 15) is 9.59 Å². The standard InChI is InChI=1S/C24H33N5O2/c1-4-6-12-28(5-2)24(31)21-16-20(17-26-22(21)29-13-10-25-11-14-29)27-23(30)19-9-7-8-18(3)15-19/h7-9,15-17,25H,4-6,10-14H2,1-3H3,(H,27,30). The van der Waals surface area contributed by atoms with Crippen LogP contribution in [0.4, 0.5) is 11.5 Å². The monoisotopic (exact) mass is 423 g/mol. The summed E-state index contributed by atoms with van der Waals surface area (Å²) in [5.41, 5.74) is 2.67. The molecule has 2 heterocycles. The number of aromatic nitrogens is 1. The lowest BCUT2D eigenvalue weighted by atomic mass is 10.1. The van der Waals surface area contributed by atoms with Gasteiger partial charge in [-0.2, -0.15) is 0 Å². The van der Waals surface area contributed by atoms with Gasteiger partial charge in [-0.05, 0) is 38.5 Å². The molecule has 7 heteroatoms. The van der Waals surface area contributed by atoms with Crippen LogP contribution in [0.15, 0.2) is 36.5 Å². The molecule has 2 amide bonds. The average molecular weight is 424 g/mol. The highest BCUT2D eigenvalue weighted by Gasteiger charge is 2.24. The Hall–Kier alpha value is -2.93. The first kappa shape index (κ1) is 22.7. The largest absolute Gasteiger partial charge is 0.353 e.